The maximum Gasteiger partial charge on any atom is 0.0497 e. The Morgan fingerprint density at radius 3 is 1.70 bits per heavy atom. The quantitative estimate of drug-likeness (QED) is 0.493. The molecule has 30 heavy (non-hydrogen) atoms. The van der Waals surface area contributed by atoms with Gasteiger partial charge in [-0.05, 0) is 63.4 Å². The molecule has 0 unspecified atom stereocenters. The third-order valence-corrected chi connectivity index (χ3v) is 6.60. The van der Waals surface area contributed by atoms with E-state index in [4.69, 9.17) is 0 Å². The Labute approximate surface area is 177 Å². The number of rotatable bonds is 6. The van der Waals surface area contributed by atoms with Gasteiger partial charge in [0.1, 0.15) is 0 Å². The molecule has 0 fully saturated rings. The second-order valence-corrected chi connectivity index (χ2v) is 8.24. The molecular formula is C28H26O2. The first-order valence-corrected chi connectivity index (χ1v) is 10.7. The summed E-state index contributed by atoms with van der Waals surface area (Å²) in [6.07, 6.45) is 2.29. The van der Waals surface area contributed by atoms with Gasteiger partial charge in [0.2, 0.25) is 0 Å². The Kier molecular flexibility index (Phi) is 4.90. The van der Waals surface area contributed by atoms with E-state index in [0.29, 0.717) is 12.8 Å². The van der Waals surface area contributed by atoms with E-state index in [1.807, 2.05) is 0 Å². The van der Waals surface area contributed by atoms with Crippen molar-refractivity contribution < 1.29 is 10.2 Å². The highest BCUT2D eigenvalue weighted by Crippen LogP contribution is 2.50. The normalized spacial score (nSPS) is 14.3. The van der Waals surface area contributed by atoms with Crippen LogP contribution in [0.4, 0.5) is 0 Å². The van der Waals surface area contributed by atoms with Crippen molar-refractivity contribution in [3.8, 4) is 0 Å². The van der Waals surface area contributed by atoms with Crippen LogP contribution in [0.5, 0.6) is 0 Å². The van der Waals surface area contributed by atoms with Crippen LogP contribution >= 0.6 is 0 Å². The van der Waals surface area contributed by atoms with E-state index in [1.54, 1.807) is 0 Å². The van der Waals surface area contributed by atoms with Gasteiger partial charge in [-0.3, -0.25) is 0 Å². The van der Waals surface area contributed by atoms with E-state index in [2.05, 4.69) is 84.9 Å². The molecule has 4 aromatic rings. The van der Waals surface area contributed by atoms with Crippen molar-refractivity contribution >= 4 is 10.8 Å². The van der Waals surface area contributed by atoms with Crippen LogP contribution < -0.4 is 0 Å². The predicted molar refractivity (Wildman–Crippen MR) is 122 cm³/mol. The molecule has 4 aromatic carbocycles. The van der Waals surface area contributed by atoms with E-state index < -0.39 is 0 Å². The molecule has 1 aliphatic carbocycles. The van der Waals surface area contributed by atoms with Crippen molar-refractivity contribution in [2.24, 2.45) is 0 Å². The molecule has 0 aromatic heterocycles. The van der Waals surface area contributed by atoms with Gasteiger partial charge < -0.3 is 10.2 Å². The minimum Gasteiger partial charge on any atom is -0.396 e. The van der Waals surface area contributed by atoms with Crippen molar-refractivity contribution in [1.82, 2.24) is 0 Å². The zero-order valence-corrected chi connectivity index (χ0v) is 17.0. The van der Waals surface area contributed by atoms with Crippen LogP contribution in [0.3, 0.4) is 0 Å². The second-order valence-electron chi connectivity index (χ2n) is 8.24. The topological polar surface area (TPSA) is 40.5 Å². The monoisotopic (exact) mass is 394 g/mol. The Hall–Kier alpha value is -2.94. The standard InChI is InChI=1S/C28H26O2/c29-17-15-20-7-11-24(12-8-20)28(25-13-9-21(10-14-25)16-18-30)19-23-5-1-3-22-4-2-6-26(28)27(22)23/h1-14,29-30H,15-19H2. The van der Waals surface area contributed by atoms with Gasteiger partial charge in [-0.1, -0.05) is 84.9 Å². The fourth-order valence-electron chi connectivity index (χ4n) is 5.15. The van der Waals surface area contributed by atoms with Gasteiger partial charge in [0.05, 0.1) is 0 Å². The first-order chi connectivity index (χ1) is 14.8. The molecule has 0 heterocycles. The molecule has 0 saturated heterocycles. The molecule has 1 aliphatic rings. The lowest BCUT2D eigenvalue weighted by molar-refractivity contribution is 0.299. The van der Waals surface area contributed by atoms with E-state index in [9.17, 15) is 10.2 Å². The van der Waals surface area contributed by atoms with E-state index in [1.165, 1.54) is 33.0 Å². The molecule has 0 radical (unpaired) electrons. The summed E-state index contributed by atoms with van der Waals surface area (Å²) in [7, 11) is 0. The number of benzene rings is 4. The van der Waals surface area contributed by atoms with Gasteiger partial charge in [-0.25, -0.2) is 0 Å². The molecule has 0 bridgehead atoms. The highest BCUT2D eigenvalue weighted by Gasteiger charge is 2.42. The van der Waals surface area contributed by atoms with E-state index in [-0.39, 0.29) is 18.6 Å². The van der Waals surface area contributed by atoms with Crippen molar-refractivity contribution in [2.45, 2.75) is 24.7 Å². The highest BCUT2D eigenvalue weighted by atomic mass is 16.3. The summed E-state index contributed by atoms with van der Waals surface area (Å²) in [5.74, 6) is 0. The predicted octanol–water partition coefficient (Wildman–Crippen LogP) is 4.80. The van der Waals surface area contributed by atoms with Crippen molar-refractivity contribution in [1.29, 1.82) is 0 Å². The minimum absolute atomic E-state index is 0.168. The summed E-state index contributed by atoms with van der Waals surface area (Å²) in [4.78, 5) is 0. The van der Waals surface area contributed by atoms with Crippen LogP contribution in [0, 0.1) is 0 Å². The smallest absolute Gasteiger partial charge is 0.0497 e. The highest BCUT2D eigenvalue weighted by molar-refractivity contribution is 5.94. The Bertz CT molecular complexity index is 1120. The van der Waals surface area contributed by atoms with Crippen LogP contribution in [-0.2, 0) is 24.7 Å². The van der Waals surface area contributed by atoms with Crippen molar-refractivity contribution in [3.05, 3.63) is 118 Å². The number of aliphatic hydroxyl groups is 2. The van der Waals surface area contributed by atoms with Gasteiger partial charge in [0, 0.05) is 18.6 Å². The zero-order chi connectivity index (χ0) is 20.6. The van der Waals surface area contributed by atoms with Crippen LogP contribution in [0.15, 0.2) is 84.9 Å². The fourth-order valence-corrected chi connectivity index (χ4v) is 5.15. The Morgan fingerprint density at radius 2 is 1.17 bits per heavy atom. The van der Waals surface area contributed by atoms with Gasteiger partial charge in [0.15, 0.2) is 0 Å². The molecule has 0 atom stereocenters. The lowest BCUT2D eigenvalue weighted by Gasteiger charge is -2.33. The van der Waals surface area contributed by atoms with Gasteiger partial charge >= 0.3 is 0 Å². The molecule has 2 nitrogen and oxygen atoms in total. The van der Waals surface area contributed by atoms with E-state index >= 15 is 0 Å². The van der Waals surface area contributed by atoms with Crippen LogP contribution in [0.2, 0.25) is 0 Å². The Morgan fingerprint density at radius 1 is 0.633 bits per heavy atom. The summed E-state index contributed by atoms with van der Waals surface area (Å²) >= 11 is 0. The number of hydrogen-bond acceptors (Lipinski definition) is 2. The molecule has 2 N–H and O–H groups in total. The van der Waals surface area contributed by atoms with Crippen molar-refractivity contribution in [2.75, 3.05) is 13.2 Å². The molecule has 2 heteroatoms. The van der Waals surface area contributed by atoms with Crippen molar-refractivity contribution in [3.63, 3.8) is 0 Å². The summed E-state index contributed by atoms with van der Waals surface area (Å²) in [5.41, 5.74) is 7.39. The molecule has 0 spiro atoms. The summed E-state index contributed by atoms with van der Waals surface area (Å²) < 4.78 is 0. The first-order valence-electron chi connectivity index (χ1n) is 10.7. The molecule has 0 saturated carbocycles. The van der Waals surface area contributed by atoms with E-state index in [0.717, 1.165) is 17.5 Å². The lowest BCUT2D eigenvalue weighted by atomic mass is 9.69. The third kappa shape index (κ3) is 2.96. The van der Waals surface area contributed by atoms with Crippen LogP contribution in [0.25, 0.3) is 10.8 Å². The fraction of sp³-hybridized carbons (Fsp3) is 0.214. The zero-order valence-electron chi connectivity index (χ0n) is 17.0. The average molecular weight is 395 g/mol. The van der Waals surface area contributed by atoms with Gasteiger partial charge in [-0.15, -0.1) is 0 Å². The molecular weight excluding hydrogens is 368 g/mol. The average Bonchev–Trinajstić information content (AvgIpc) is 3.13. The summed E-state index contributed by atoms with van der Waals surface area (Å²) in [6, 6.07) is 30.8. The largest absolute Gasteiger partial charge is 0.396 e. The number of hydrogen-bond donors (Lipinski definition) is 2. The summed E-state index contributed by atoms with van der Waals surface area (Å²) in [6.45, 7) is 0.336. The summed E-state index contributed by atoms with van der Waals surface area (Å²) in [5, 5.41) is 21.3. The molecule has 5 rings (SSSR count). The third-order valence-electron chi connectivity index (χ3n) is 6.60. The molecule has 0 aliphatic heterocycles. The first kappa shape index (κ1) is 19.0. The maximum atomic E-state index is 9.30. The minimum atomic E-state index is -0.237. The number of aliphatic hydroxyl groups excluding tert-OH is 2. The SMILES string of the molecule is OCCc1ccc(C2(c3ccc(CCO)cc3)Cc3cccc4cccc2c34)cc1. The molecule has 0 amide bonds. The molecule has 150 valence electrons. The maximum absolute atomic E-state index is 9.30. The van der Waals surface area contributed by atoms with Crippen LogP contribution in [-0.4, -0.2) is 23.4 Å². The van der Waals surface area contributed by atoms with Crippen LogP contribution in [0.1, 0.15) is 33.4 Å². The van der Waals surface area contributed by atoms with Gasteiger partial charge in [0.25, 0.3) is 0 Å². The second kappa shape index (κ2) is 7.71. The lowest BCUT2D eigenvalue weighted by Crippen LogP contribution is -2.28. The van der Waals surface area contributed by atoms with Gasteiger partial charge in [-0.2, -0.15) is 0 Å². The Balaban J connectivity index is 1.73.